The Hall–Kier alpha value is -1.10. The van der Waals surface area contributed by atoms with Crippen molar-refractivity contribution in [2.45, 2.75) is 51.0 Å². The lowest BCUT2D eigenvalue weighted by molar-refractivity contribution is -0.145. The number of aliphatic carboxylic acids is 1. The van der Waals surface area contributed by atoms with Crippen molar-refractivity contribution in [2.24, 2.45) is 5.92 Å². The van der Waals surface area contributed by atoms with Crippen LogP contribution < -0.4 is 0 Å². The van der Waals surface area contributed by atoms with Crippen molar-refractivity contribution in [2.75, 3.05) is 19.7 Å². The maximum absolute atomic E-state index is 12.0. The van der Waals surface area contributed by atoms with Crippen LogP contribution in [0.2, 0.25) is 0 Å². The van der Waals surface area contributed by atoms with Gasteiger partial charge in [0, 0.05) is 26.1 Å². The predicted octanol–water partition coefficient (Wildman–Crippen LogP) is 1.66. The van der Waals surface area contributed by atoms with E-state index < -0.39 is 5.97 Å². The van der Waals surface area contributed by atoms with Crippen LogP contribution in [0.5, 0.6) is 0 Å². The van der Waals surface area contributed by atoms with Crippen LogP contribution in [0.25, 0.3) is 0 Å². The quantitative estimate of drug-likeness (QED) is 0.843. The van der Waals surface area contributed by atoms with Crippen LogP contribution in [0.1, 0.15) is 44.9 Å². The zero-order valence-electron chi connectivity index (χ0n) is 11.3. The molecule has 0 unspecified atom stereocenters. The van der Waals surface area contributed by atoms with E-state index in [9.17, 15) is 9.59 Å². The summed E-state index contributed by atoms with van der Waals surface area (Å²) in [5.41, 5.74) is 0. The first-order valence-electron chi connectivity index (χ1n) is 7.29. The Bertz CT molecular complexity index is 317. The molecule has 0 aliphatic carbocycles. The van der Waals surface area contributed by atoms with Gasteiger partial charge in [0.2, 0.25) is 5.91 Å². The highest BCUT2D eigenvalue weighted by Gasteiger charge is 2.27. The first-order chi connectivity index (χ1) is 9.16. The molecule has 2 aliphatic heterocycles. The van der Waals surface area contributed by atoms with Crippen LogP contribution in [-0.2, 0) is 14.3 Å². The number of amides is 1. The van der Waals surface area contributed by atoms with E-state index >= 15 is 0 Å². The molecule has 0 bridgehead atoms. The third kappa shape index (κ3) is 4.20. The highest BCUT2D eigenvalue weighted by atomic mass is 16.5. The lowest BCUT2D eigenvalue weighted by Gasteiger charge is -2.31. The van der Waals surface area contributed by atoms with Crippen LogP contribution >= 0.6 is 0 Å². The van der Waals surface area contributed by atoms with Crippen molar-refractivity contribution in [3.63, 3.8) is 0 Å². The minimum absolute atomic E-state index is 0.151. The van der Waals surface area contributed by atoms with Gasteiger partial charge in [-0.05, 0) is 38.5 Å². The van der Waals surface area contributed by atoms with E-state index in [1.54, 1.807) is 0 Å². The van der Waals surface area contributed by atoms with Crippen LogP contribution in [0, 0.1) is 5.92 Å². The van der Waals surface area contributed by atoms with Gasteiger partial charge in [0.15, 0.2) is 0 Å². The maximum atomic E-state index is 12.0. The Morgan fingerprint density at radius 3 is 2.47 bits per heavy atom. The van der Waals surface area contributed by atoms with Crippen molar-refractivity contribution in [1.29, 1.82) is 0 Å². The second-order valence-corrected chi connectivity index (χ2v) is 5.52. The summed E-state index contributed by atoms with van der Waals surface area (Å²) < 4.78 is 5.62. The third-order valence-corrected chi connectivity index (χ3v) is 4.15. The Morgan fingerprint density at radius 1 is 1.16 bits per heavy atom. The fourth-order valence-electron chi connectivity index (χ4n) is 2.85. The van der Waals surface area contributed by atoms with Crippen molar-refractivity contribution in [3.8, 4) is 0 Å². The summed E-state index contributed by atoms with van der Waals surface area (Å²) in [6.45, 7) is 1.99. The van der Waals surface area contributed by atoms with Crippen LogP contribution in [-0.4, -0.2) is 47.7 Å². The number of rotatable bonds is 4. The van der Waals surface area contributed by atoms with Gasteiger partial charge in [0.1, 0.15) is 0 Å². The fraction of sp³-hybridized carbons (Fsp3) is 0.857. The number of hydrogen-bond acceptors (Lipinski definition) is 3. The monoisotopic (exact) mass is 269 g/mol. The molecule has 1 atom stereocenters. The molecule has 0 aromatic heterocycles. The second-order valence-electron chi connectivity index (χ2n) is 5.52. The normalized spacial score (nSPS) is 25.3. The van der Waals surface area contributed by atoms with Crippen LogP contribution in [0.15, 0.2) is 0 Å². The van der Waals surface area contributed by atoms with E-state index in [0.717, 1.165) is 25.9 Å². The Morgan fingerprint density at radius 2 is 1.89 bits per heavy atom. The minimum atomic E-state index is -0.734. The Balaban J connectivity index is 1.67. The number of piperidine rings is 1. The number of likely N-dealkylation sites (tertiary alicyclic amines) is 1. The summed E-state index contributed by atoms with van der Waals surface area (Å²) in [5, 5.41) is 8.92. The highest BCUT2D eigenvalue weighted by molar-refractivity contribution is 5.77. The number of hydrogen-bond donors (Lipinski definition) is 1. The zero-order chi connectivity index (χ0) is 13.7. The average Bonchev–Trinajstić information content (AvgIpc) is 2.46. The van der Waals surface area contributed by atoms with Crippen molar-refractivity contribution in [3.05, 3.63) is 0 Å². The van der Waals surface area contributed by atoms with E-state index in [0.29, 0.717) is 32.4 Å². The molecule has 2 rings (SSSR count). The molecule has 1 N–H and O–H groups in total. The van der Waals surface area contributed by atoms with Crippen LogP contribution in [0.4, 0.5) is 0 Å². The summed E-state index contributed by atoms with van der Waals surface area (Å²) in [7, 11) is 0. The molecule has 2 aliphatic rings. The smallest absolute Gasteiger partial charge is 0.306 e. The number of carbonyl (C=O) groups excluding carboxylic acids is 1. The maximum Gasteiger partial charge on any atom is 0.306 e. The molecule has 108 valence electrons. The van der Waals surface area contributed by atoms with Gasteiger partial charge in [-0.3, -0.25) is 9.59 Å². The fourth-order valence-corrected chi connectivity index (χ4v) is 2.85. The first kappa shape index (κ1) is 14.3. The van der Waals surface area contributed by atoms with E-state index in [-0.39, 0.29) is 17.9 Å². The van der Waals surface area contributed by atoms with Gasteiger partial charge in [0.25, 0.3) is 0 Å². The molecule has 0 radical (unpaired) electrons. The lowest BCUT2D eigenvalue weighted by Crippen LogP contribution is -2.40. The molecule has 19 heavy (non-hydrogen) atoms. The highest BCUT2D eigenvalue weighted by Crippen LogP contribution is 2.20. The van der Waals surface area contributed by atoms with E-state index in [1.165, 1.54) is 6.42 Å². The lowest BCUT2D eigenvalue weighted by atomic mass is 9.96. The minimum Gasteiger partial charge on any atom is -0.481 e. The van der Waals surface area contributed by atoms with E-state index in [1.807, 2.05) is 4.90 Å². The summed E-state index contributed by atoms with van der Waals surface area (Å²) in [6.07, 6.45) is 6.14. The van der Waals surface area contributed by atoms with Gasteiger partial charge in [-0.2, -0.15) is 0 Å². The third-order valence-electron chi connectivity index (χ3n) is 4.15. The predicted molar refractivity (Wildman–Crippen MR) is 69.8 cm³/mol. The molecule has 1 amide bonds. The SMILES string of the molecule is O=C(O)C1CCN(C(=O)CC[C@H]2CCCCO2)CC1. The molecule has 2 fully saturated rings. The number of carbonyl (C=O) groups is 2. The van der Waals surface area contributed by atoms with Crippen LogP contribution in [0.3, 0.4) is 0 Å². The molecule has 5 heteroatoms. The molecular weight excluding hydrogens is 246 g/mol. The summed E-state index contributed by atoms with van der Waals surface area (Å²) >= 11 is 0. The van der Waals surface area contributed by atoms with Gasteiger partial charge in [-0.15, -0.1) is 0 Å². The largest absolute Gasteiger partial charge is 0.481 e. The Labute approximate surface area is 113 Å². The molecule has 2 heterocycles. The topological polar surface area (TPSA) is 66.8 Å². The Kier molecular flexibility index (Phi) is 5.19. The molecule has 0 spiro atoms. The summed E-state index contributed by atoms with van der Waals surface area (Å²) in [5.74, 6) is -0.855. The molecule has 0 saturated carbocycles. The first-order valence-corrected chi connectivity index (χ1v) is 7.29. The van der Waals surface area contributed by atoms with Gasteiger partial charge >= 0.3 is 5.97 Å². The van der Waals surface area contributed by atoms with Gasteiger partial charge in [-0.25, -0.2) is 0 Å². The van der Waals surface area contributed by atoms with Gasteiger partial charge in [0.05, 0.1) is 12.0 Å². The number of ether oxygens (including phenoxy) is 1. The molecule has 2 saturated heterocycles. The van der Waals surface area contributed by atoms with Crippen molar-refractivity contribution >= 4 is 11.9 Å². The number of carboxylic acids is 1. The molecular formula is C14H23NO4. The molecule has 0 aromatic carbocycles. The van der Waals surface area contributed by atoms with Crippen molar-refractivity contribution in [1.82, 2.24) is 4.90 Å². The standard InChI is InChI=1S/C14H23NO4/c16-13(5-4-12-3-1-2-10-19-12)15-8-6-11(7-9-15)14(17)18/h11-12H,1-10H2,(H,17,18)/t12-/m1/s1. The number of nitrogens with zero attached hydrogens (tertiary/aromatic N) is 1. The van der Waals surface area contributed by atoms with Crippen molar-refractivity contribution < 1.29 is 19.4 Å². The second kappa shape index (κ2) is 6.89. The number of carboxylic acid groups (broad SMARTS) is 1. The molecule has 0 aromatic rings. The van der Waals surface area contributed by atoms with Gasteiger partial charge < -0.3 is 14.7 Å². The van der Waals surface area contributed by atoms with E-state index in [4.69, 9.17) is 9.84 Å². The summed E-state index contributed by atoms with van der Waals surface area (Å²) in [6, 6.07) is 0. The zero-order valence-corrected chi connectivity index (χ0v) is 11.3. The van der Waals surface area contributed by atoms with Gasteiger partial charge in [-0.1, -0.05) is 0 Å². The molecule has 5 nitrogen and oxygen atoms in total. The summed E-state index contributed by atoms with van der Waals surface area (Å²) in [4.78, 5) is 24.7. The van der Waals surface area contributed by atoms with E-state index in [2.05, 4.69) is 0 Å². The average molecular weight is 269 g/mol.